The molecule has 0 spiro atoms. The zero-order valence-corrected chi connectivity index (χ0v) is 26.5. The van der Waals surface area contributed by atoms with Gasteiger partial charge in [-0.3, -0.25) is 4.79 Å². The van der Waals surface area contributed by atoms with Gasteiger partial charge in [-0.05, 0) is 69.4 Å². The lowest BCUT2D eigenvalue weighted by Crippen LogP contribution is -2.49. The number of azide groups is 1. The quantitative estimate of drug-likeness (QED) is 0.0598. The van der Waals surface area contributed by atoms with Gasteiger partial charge in [-0.25, -0.2) is 4.99 Å². The molecule has 0 saturated heterocycles. The first-order chi connectivity index (χ1) is 23.5. The van der Waals surface area contributed by atoms with Crippen LogP contribution in [0.3, 0.4) is 0 Å². The molecule has 0 unspecified atom stereocenters. The fraction of sp³-hybridized carbons (Fsp3) is 0.211. The van der Waals surface area contributed by atoms with Crippen molar-refractivity contribution in [2.75, 3.05) is 20.3 Å². The molecular weight excluding hydrogens is 606 g/mol. The van der Waals surface area contributed by atoms with Crippen LogP contribution in [0.15, 0.2) is 125 Å². The summed E-state index contributed by atoms with van der Waals surface area (Å²) in [5.74, 6) is 1.18. The van der Waals surface area contributed by atoms with Crippen LogP contribution in [0.5, 0.6) is 11.5 Å². The molecule has 0 saturated carbocycles. The minimum atomic E-state index is -1.51. The molecule has 0 radical (unpaired) electrons. The fourth-order valence-electron chi connectivity index (χ4n) is 5.96. The van der Waals surface area contributed by atoms with Gasteiger partial charge < -0.3 is 24.6 Å². The second kappa shape index (κ2) is 14.7. The molecule has 242 valence electrons. The molecule has 1 heterocycles. The summed E-state index contributed by atoms with van der Waals surface area (Å²) < 4.78 is 17.9. The number of hydrogen-bond acceptors (Lipinski definition) is 7. The molecule has 2 N–H and O–H groups in total. The number of carbonyl (C=O) groups is 1. The Morgan fingerprint density at radius 1 is 0.958 bits per heavy atom. The van der Waals surface area contributed by atoms with Gasteiger partial charge in [0.2, 0.25) is 5.90 Å². The van der Waals surface area contributed by atoms with Crippen molar-refractivity contribution in [2.45, 2.75) is 31.0 Å². The van der Waals surface area contributed by atoms with Gasteiger partial charge in [-0.1, -0.05) is 84.0 Å². The van der Waals surface area contributed by atoms with Crippen LogP contribution in [-0.4, -0.2) is 42.8 Å². The zero-order chi connectivity index (χ0) is 33.3. The molecule has 48 heavy (non-hydrogen) atoms. The molecule has 1 aliphatic heterocycles. The maximum absolute atomic E-state index is 14.8. The smallest absolute Gasteiger partial charge is 0.252 e. The number of aliphatic hydroxyl groups excluding tert-OH is 1. The van der Waals surface area contributed by atoms with Gasteiger partial charge in [-0.2, -0.15) is 0 Å². The molecule has 10 nitrogen and oxygen atoms in total. The van der Waals surface area contributed by atoms with E-state index in [0.29, 0.717) is 46.9 Å². The maximum Gasteiger partial charge on any atom is 0.252 e. The van der Waals surface area contributed by atoms with Crippen LogP contribution in [0.4, 0.5) is 5.69 Å². The molecule has 2 atom stereocenters. The van der Waals surface area contributed by atoms with Crippen molar-refractivity contribution < 1.29 is 24.1 Å². The summed E-state index contributed by atoms with van der Waals surface area (Å²) >= 11 is 0. The topological polar surface area (TPSA) is 138 Å². The molecule has 0 bridgehead atoms. The number of ether oxygens (including phenoxy) is 3. The molecule has 10 heteroatoms. The Balaban J connectivity index is 1.45. The average molecular weight is 642 g/mol. The Labute approximate surface area is 278 Å². The molecule has 5 aromatic carbocycles. The van der Waals surface area contributed by atoms with Crippen LogP contribution in [0, 0.1) is 0 Å². The van der Waals surface area contributed by atoms with Crippen molar-refractivity contribution in [3.05, 3.63) is 148 Å². The molecule has 6 rings (SSSR count). The highest BCUT2D eigenvalue weighted by Crippen LogP contribution is 2.44. The van der Waals surface area contributed by atoms with E-state index in [0.717, 1.165) is 16.3 Å². The van der Waals surface area contributed by atoms with E-state index in [1.807, 2.05) is 91.0 Å². The predicted octanol–water partition coefficient (Wildman–Crippen LogP) is 7.37. The second-order valence-corrected chi connectivity index (χ2v) is 11.4. The third-order valence-electron chi connectivity index (χ3n) is 8.35. The largest absolute Gasteiger partial charge is 0.497 e. The Hall–Kier alpha value is -5.83. The van der Waals surface area contributed by atoms with Crippen molar-refractivity contribution in [2.24, 2.45) is 10.1 Å². The highest BCUT2D eigenvalue weighted by atomic mass is 16.5. The van der Waals surface area contributed by atoms with Crippen LogP contribution in [-0.2, 0) is 22.5 Å². The number of nitrogens with zero attached hydrogens (tertiary/aromatic N) is 4. The van der Waals surface area contributed by atoms with Crippen molar-refractivity contribution in [1.29, 1.82) is 0 Å². The van der Waals surface area contributed by atoms with Gasteiger partial charge in [0.1, 0.15) is 11.5 Å². The van der Waals surface area contributed by atoms with E-state index < -0.39 is 11.6 Å². The minimum absolute atomic E-state index is 0.0435. The molecule has 0 aromatic heterocycles. The van der Waals surface area contributed by atoms with Crippen LogP contribution >= 0.6 is 0 Å². The fourth-order valence-corrected chi connectivity index (χ4v) is 5.96. The maximum atomic E-state index is 14.8. The number of hydrogen-bond donors (Lipinski definition) is 2. The third kappa shape index (κ3) is 6.80. The van der Waals surface area contributed by atoms with E-state index in [9.17, 15) is 10.3 Å². The monoisotopic (exact) mass is 641 g/mol. The summed E-state index contributed by atoms with van der Waals surface area (Å²) in [5.41, 5.74) is 11.2. The Morgan fingerprint density at radius 3 is 2.52 bits per heavy atom. The summed E-state index contributed by atoms with van der Waals surface area (Å²) in [5, 5.41) is 18.3. The second-order valence-electron chi connectivity index (χ2n) is 11.4. The third-order valence-corrected chi connectivity index (χ3v) is 8.35. The van der Waals surface area contributed by atoms with Gasteiger partial charge in [0, 0.05) is 42.2 Å². The van der Waals surface area contributed by atoms with E-state index >= 15 is 0 Å². The van der Waals surface area contributed by atoms with Gasteiger partial charge in [0.05, 0.1) is 13.7 Å². The number of aliphatic imine (C=N–C) groups is 1. The standard InChI is InChI=1S/C38H35N5O5/c1-46-32-14-7-12-28(23-32)35-38(24-29-10-3-5-16-34(29)42-43-39,37(45)40-25-30-13-6-11-26-9-2-4-15-33(26)30)41-36(48-35)27-17-19-31(20-18-27)47-22-8-21-44/h2-7,9-20,23,35,44H,8,21-22,24-25H2,1H3,(H,40,45)/t35-,38-/m1/s1. The van der Waals surface area contributed by atoms with Gasteiger partial charge in [0.25, 0.3) is 5.91 Å². The van der Waals surface area contributed by atoms with Crippen molar-refractivity contribution >= 4 is 28.3 Å². The number of nitrogens with one attached hydrogen (secondary N) is 1. The first-order valence-corrected chi connectivity index (χ1v) is 15.7. The van der Waals surface area contributed by atoms with Crippen LogP contribution in [0.25, 0.3) is 21.2 Å². The molecule has 1 amide bonds. The summed E-state index contributed by atoms with van der Waals surface area (Å²) in [6.07, 6.45) is -0.264. The number of benzene rings is 5. The summed E-state index contributed by atoms with van der Waals surface area (Å²) in [4.78, 5) is 22.9. The number of methoxy groups -OCH3 is 1. The summed E-state index contributed by atoms with van der Waals surface area (Å²) in [6, 6.07) is 35.9. The molecule has 1 aliphatic rings. The molecule has 5 aromatic rings. The lowest BCUT2D eigenvalue weighted by atomic mass is 9.81. The van der Waals surface area contributed by atoms with Crippen LogP contribution in [0.1, 0.15) is 34.8 Å². The van der Waals surface area contributed by atoms with E-state index in [2.05, 4.69) is 15.3 Å². The predicted molar refractivity (Wildman–Crippen MR) is 184 cm³/mol. The molecule has 0 fully saturated rings. The SMILES string of the molecule is COc1cccc([C@H]2OC(c3ccc(OCCCO)cc3)=N[C@@]2(Cc2ccccc2N=[N+]=[N-])C(=O)NCc2cccc3ccccc23)c1. The van der Waals surface area contributed by atoms with E-state index in [-0.39, 0.29) is 31.4 Å². The first-order valence-electron chi connectivity index (χ1n) is 15.7. The van der Waals surface area contributed by atoms with E-state index in [1.165, 1.54) is 0 Å². The normalized spacial score (nSPS) is 16.8. The lowest BCUT2D eigenvalue weighted by molar-refractivity contribution is -0.129. The van der Waals surface area contributed by atoms with Crippen molar-refractivity contribution in [1.82, 2.24) is 5.32 Å². The average Bonchev–Trinajstić information content (AvgIpc) is 3.52. The van der Waals surface area contributed by atoms with Crippen molar-refractivity contribution in [3.63, 3.8) is 0 Å². The number of carbonyl (C=O) groups excluding carboxylic acids is 1. The molecular formula is C38H35N5O5. The van der Waals surface area contributed by atoms with Crippen LogP contribution < -0.4 is 14.8 Å². The summed E-state index contributed by atoms with van der Waals surface area (Å²) in [6.45, 7) is 0.688. The minimum Gasteiger partial charge on any atom is -0.497 e. The number of aliphatic hydroxyl groups is 1. The Bertz CT molecular complexity index is 1980. The Kier molecular flexibility index (Phi) is 9.85. The lowest BCUT2D eigenvalue weighted by Gasteiger charge is -2.31. The van der Waals surface area contributed by atoms with E-state index in [4.69, 9.17) is 24.3 Å². The number of fused-ring (bicyclic) bond motifs is 1. The van der Waals surface area contributed by atoms with Gasteiger partial charge in [0.15, 0.2) is 11.6 Å². The Morgan fingerprint density at radius 2 is 1.71 bits per heavy atom. The number of amides is 1. The number of rotatable bonds is 13. The highest BCUT2D eigenvalue weighted by molar-refractivity contribution is 6.01. The summed E-state index contributed by atoms with van der Waals surface area (Å²) in [7, 11) is 1.58. The first kappa shape index (κ1) is 32.1. The van der Waals surface area contributed by atoms with Crippen molar-refractivity contribution in [3.8, 4) is 11.5 Å². The molecule has 0 aliphatic carbocycles. The van der Waals surface area contributed by atoms with Gasteiger partial charge >= 0.3 is 0 Å². The van der Waals surface area contributed by atoms with E-state index in [1.54, 1.807) is 31.4 Å². The zero-order valence-electron chi connectivity index (χ0n) is 26.5. The highest BCUT2D eigenvalue weighted by Gasteiger charge is 2.53. The van der Waals surface area contributed by atoms with Gasteiger partial charge in [-0.15, -0.1) is 0 Å². The van der Waals surface area contributed by atoms with Crippen LogP contribution in [0.2, 0.25) is 0 Å².